The Labute approximate surface area is 120 Å². The smallest absolute Gasteiger partial charge is 0.240 e. The topological polar surface area (TPSA) is 92.4 Å². The number of hydrogen-bond acceptors (Lipinski definition) is 4. The first kappa shape index (κ1) is 15.3. The summed E-state index contributed by atoms with van der Waals surface area (Å²) in [4.78, 5) is 0.130. The van der Waals surface area contributed by atoms with Gasteiger partial charge in [-0.25, -0.2) is 13.1 Å². The minimum Gasteiger partial charge on any atom is -0.399 e. The number of nitrogen functional groups attached to an aromatic ring is 1. The fraction of sp³-hybridized carbons (Fsp3) is 0.571. The third-order valence-corrected chi connectivity index (χ3v) is 5.36. The van der Waals surface area contributed by atoms with E-state index in [1.807, 2.05) is 0 Å². The second-order valence-corrected chi connectivity index (χ2v) is 7.57. The van der Waals surface area contributed by atoms with E-state index in [-0.39, 0.29) is 11.4 Å². The molecule has 1 aliphatic rings. The van der Waals surface area contributed by atoms with Crippen LogP contribution >= 0.6 is 0 Å². The van der Waals surface area contributed by atoms with Crippen LogP contribution in [0.25, 0.3) is 0 Å². The van der Waals surface area contributed by atoms with E-state index in [1.165, 1.54) is 12.1 Å². The molecule has 1 aromatic carbocycles. The molecule has 0 heterocycles. The van der Waals surface area contributed by atoms with E-state index in [0.717, 1.165) is 12.8 Å². The summed E-state index contributed by atoms with van der Waals surface area (Å²) in [6.45, 7) is 2.20. The molecule has 5 nitrogen and oxygen atoms in total. The molecule has 1 aromatic rings. The fourth-order valence-electron chi connectivity index (χ4n) is 2.47. The zero-order valence-electron chi connectivity index (χ0n) is 11.7. The van der Waals surface area contributed by atoms with Crippen molar-refractivity contribution in [2.24, 2.45) is 5.92 Å². The monoisotopic (exact) mass is 298 g/mol. The third-order valence-electron chi connectivity index (χ3n) is 3.96. The summed E-state index contributed by atoms with van der Waals surface area (Å²) in [5.41, 5.74) is 5.06. The van der Waals surface area contributed by atoms with Crippen LogP contribution in [-0.2, 0) is 10.0 Å². The molecule has 0 radical (unpaired) electrons. The Morgan fingerprint density at radius 1 is 1.40 bits per heavy atom. The molecule has 1 saturated carbocycles. The number of benzene rings is 1. The van der Waals surface area contributed by atoms with Crippen molar-refractivity contribution in [3.8, 4) is 0 Å². The summed E-state index contributed by atoms with van der Waals surface area (Å²) in [5.74, 6) is 0.598. The average molecular weight is 298 g/mol. The fourth-order valence-corrected chi connectivity index (χ4v) is 3.64. The molecule has 4 N–H and O–H groups in total. The second-order valence-electron chi connectivity index (χ2n) is 5.80. The molecule has 112 valence electrons. The molecule has 0 spiro atoms. The minimum absolute atomic E-state index is 0.0524. The standard InChI is InChI=1S/C14H22N2O3S/c1-11-5-7-14(17,8-6-11)10-16-20(18,19)13-4-2-3-12(15)9-13/h2-4,9,11,16-17H,5-8,10,15H2,1H3. The molecule has 0 aliphatic heterocycles. The van der Waals surface area contributed by atoms with Crippen LogP contribution in [0.1, 0.15) is 32.6 Å². The molecule has 0 bridgehead atoms. The van der Waals surface area contributed by atoms with Gasteiger partial charge in [0.05, 0.1) is 10.5 Å². The van der Waals surface area contributed by atoms with Crippen LogP contribution in [0.2, 0.25) is 0 Å². The van der Waals surface area contributed by atoms with Crippen molar-refractivity contribution < 1.29 is 13.5 Å². The predicted molar refractivity (Wildman–Crippen MR) is 78.6 cm³/mol. The Balaban J connectivity index is 2.03. The summed E-state index contributed by atoms with van der Waals surface area (Å²) >= 11 is 0. The van der Waals surface area contributed by atoms with Gasteiger partial charge in [0.1, 0.15) is 0 Å². The van der Waals surface area contributed by atoms with Gasteiger partial charge >= 0.3 is 0 Å². The third kappa shape index (κ3) is 3.71. The predicted octanol–water partition coefficient (Wildman–Crippen LogP) is 1.49. The quantitative estimate of drug-likeness (QED) is 0.734. The SMILES string of the molecule is CC1CCC(O)(CNS(=O)(=O)c2cccc(N)c2)CC1. The Morgan fingerprint density at radius 2 is 2.05 bits per heavy atom. The van der Waals surface area contributed by atoms with Crippen LogP contribution in [0, 0.1) is 5.92 Å². The molecule has 1 aliphatic carbocycles. The molecule has 1 fully saturated rings. The van der Waals surface area contributed by atoms with Gasteiger partial charge in [0, 0.05) is 12.2 Å². The maximum absolute atomic E-state index is 12.2. The van der Waals surface area contributed by atoms with Crippen LogP contribution in [-0.4, -0.2) is 25.7 Å². The minimum atomic E-state index is -3.62. The first-order chi connectivity index (χ1) is 9.31. The Bertz CT molecular complexity index is 564. The van der Waals surface area contributed by atoms with Gasteiger partial charge in [0.25, 0.3) is 0 Å². The normalized spacial score (nSPS) is 27.4. The van der Waals surface area contributed by atoms with E-state index >= 15 is 0 Å². The van der Waals surface area contributed by atoms with E-state index in [1.54, 1.807) is 12.1 Å². The van der Waals surface area contributed by atoms with Gasteiger partial charge in [0.2, 0.25) is 10.0 Å². The Kier molecular flexibility index (Phi) is 4.36. The highest BCUT2D eigenvalue weighted by atomic mass is 32.2. The van der Waals surface area contributed by atoms with Crippen LogP contribution in [0.15, 0.2) is 29.2 Å². The number of anilines is 1. The first-order valence-corrected chi connectivity index (χ1v) is 8.37. The highest BCUT2D eigenvalue weighted by Crippen LogP contribution is 2.31. The van der Waals surface area contributed by atoms with Crippen molar-refractivity contribution in [2.45, 2.75) is 43.1 Å². The number of aliphatic hydroxyl groups is 1. The summed E-state index contributed by atoms with van der Waals surface area (Å²) < 4.78 is 26.8. The van der Waals surface area contributed by atoms with Gasteiger partial charge < -0.3 is 10.8 Å². The van der Waals surface area contributed by atoms with Crippen molar-refractivity contribution in [3.63, 3.8) is 0 Å². The van der Waals surface area contributed by atoms with Gasteiger partial charge in [-0.2, -0.15) is 0 Å². The highest BCUT2D eigenvalue weighted by Gasteiger charge is 2.33. The molecule has 2 rings (SSSR count). The summed E-state index contributed by atoms with van der Waals surface area (Å²) in [6, 6.07) is 6.14. The van der Waals surface area contributed by atoms with Crippen LogP contribution in [0.4, 0.5) is 5.69 Å². The number of nitrogens with one attached hydrogen (secondary N) is 1. The van der Waals surface area contributed by atoms with E-state index in [4.69, 9.17) is 5.73 Å². The molecule has 0 amide bonds. The average Bonchev–Trinajstić information content (AvgIpc) is 2.41. The molecule has 0 atom stereocenters. The van der Waals surface area contributed by atoms with Crippen LogP contribution in [0.3, 0.4) is 0 Å². The van der Waals surface area contributed by atoms with Gasteiger partial charge in [-0.05, 0) is 49.8 Å². The molecule has 20 heavy (non-hydrogen) atoms. The molecule has 0 unspecified atom stereocenters. The number of rotatable bonds is 4. The van der Waals surface area contributed by atoms with Gasteiger partial charge in [0.15, 0.2) is 0 Å². The van der Waals surface area contributed by atoms with E-state index in [2.05, 4.69) is 11.6 Å². The highest BCUT2D eigenvalue weighted by molar-refractivity contribution is 7.89. The summed E-state index contributed by atoms with van der Waals surface area (Å²) in [6.07, 6.45) is 3.12. The summed E-state index contributed by atoms with van der Waals surface area (Å²) in [7, 11) is -3.62. The zero-order chi connectivity index (χ0) is 14.8. The van der Waals surface area contributed by atoms with Crippen LogP contribution < -0.4 is 10.5 Å². The lowest BCUT2D eigenvalue weighted by Crippen LogP contribution is -2.45. The van der Waals surface area contributed by atoms with Crippen molar-refractivity contribution in [2.75, 3.05) is 12.3 Å². The van der Waals surface area contributed by atoms with E-state index in [9.17, 15) is 13.5 Å². The Morgan fingerprint density at radius 3 is 2.65 bits per heavy atom. The molecule has 6 heteroatoms. The number of nitrogens with two attached hydrogens (primary N) is 1. The number of hydrogen-bond donors (Lipinski definition) is 3. The van der Waals surface area contributed by atoms with Crippen LogP contribution in [0.5, 0.6) is 0 Å². The first-order valence-electron chi connectivity index (χ1n) is 6.88. The lowest BCUT2D eigenvalue weighted by Gasteiger charge is -2.34. The molecule has 0 saturated heterocycles. The van der Waals surface area contributed by atoms with Gasteiger partial charge in [-0.1, -0.05) is 13.0 Å². The van der Waals surface area contributed by atoms with Crippen molar-refractivity contribution >= 4 is 15.7 Å². The lowest BCUT2D eigenvalue weighted by molar-refractivity contribution is -0.00182. The Hall–Kier alpha value is -1.11. The maximum Gasteiger partial charge on any atom is 0.240 e. The largest absolute Gasteiger partial charge is 0.399 e. The molecular weight excluding hydrogens is 276 g/mol. The molecule has 0 aromatic heterocycles. The lowest BCUT2D eigenvalue weighted by atomic mass is 9.80. The van der Waals surface area contributed by atoms with Crippen molar-refractivity contribution in [1.29, 1.82) is 0 Å². The number of sulfonamides is 1. The van der Waals surface area contributed by atoms with Gasteiger partial charge in [-0.3, -0.25) is 0 Å². The second kappa shape index (κ2) is 5.71. The van der Waals surface area contributed by atoms with Crippen molar-refractivity contribution in [3.05, 3.63) is 24.3 Å². The maximum atomic E-state index is 12.2. The van der Waals surface area contributed by atoms with E-state index < -0.39 is 15.6 Å². The van der Waals surface area contributed by atoms with Crippen molar-refractivity contribution in [1.82, 2.24) is 4.72 Å². The van der Waals surface area contributed by atoms with E-state index in [0.29, 0.717) is 24.4 Å². The zero-order valence-corrected chi connectivity index (χ0v) is 12.5. The van der Waals surface area contributed by atoms with Gasteiger partial charge in [-0.15, -0.1) is 0 Å². The molecular formula is C14H22N2O3S. The summed E-state index contributed by atoms with van der Waals surface area (Å²) in [5, 5.41) is 10.4.